The van der Waals surface area contributed by atoms with Gasteiger partial charge in [0.2, 0.25) is 0 Å². The summed E-state index contributed by atoms with van der Waals surface area (Å²) in [4.78, 5) is 74.5. The van der Waals surface area contributed by atoms with Crippen LogP contribution in [0.15, 0.2) is 41.5 Å². The summed E-state index contributed by atoms with van der Waals surface area (Å²) in [7, 11) is 0. The normalized spacial score (nSPS) is 38.2. The van der Waals surface area contributed by atoms with E-state index in [1.807, 2.05) is 0 Å². The molecule has 0 aromatic heterocycles. The number of nitrogens with zero attached hydrogens (tertiary/aromatic N) is 2. The van der Waals surface area contributed by atoms with Crippen LogP contribution in [0.1, 0.15) is 57.8 Å². The Labute approximate surface area is 256 Å². The first-order chi connectivity index (χ1) is 20.9. The van der Waals surface area contributed by atoms with Crippen LogP contribution in [0.5, 0.6) is 0 Å². The van der Waals surface area contributed by atoms with E-state index in [0.29, 0.717) is 0 Å². The number of benzene rings is 1. The number of Topliss-reactive ketones (excluding diaryl/α,β-unsaturated/α-hetero) is 1. The number of rotatable bonds is 7. The Hall–Kier alpha value is -4.15. The first kappa shape index (κ1) is 32.2. The molecule has 0 radical (unpaired) electrons. The maximum absolute atomic E-state index is 14.8. The van der Waals surface area contributed by atoms with Crippen molar-refractivity contribution in [2.45, 2.75) is 89.2 Å². The van der Waals surface area contributed by atoms with Crippen molar-refractivity contribution < 1.29 is 58.7 Å². The maximum atomic E-state index is 14.8. The summed E-state index contributed by atoms with van der Waals surface area (Å²) in [5.41, 5.74) is -8.24. The van der Waals surface area contributed by atoms with Crippen LogP contribution in [0.25, 0.3) is 0 Å². The number of ether oxygens (including phenoxy) is 3. The van der Waals surface area contributed by atoms with Gasteiger partial charge in [-0.2, -0.15) is 0 Å². The van der Waals surface area contributed by atoms with Crippen LogP contribution < -0.4 is 0 Å². The Morgan fingerprint density at radius 1 is 1.07 bits per heavy atom. The molecule has 4 aliphatic rings. The largest absolute Gasteiger partial charge is 0.455 e. The number of carbonyl (C=O) groups is 3. The minimum absolute atomic E-state index is 0.00149. The molecule has 1 heterocycles. The number of fused-ring (bicyclic) bond motifs is 5. The van der Waals surface area contributed by atoms with Gasteiger partial charge in [0.15, 0.2) is 17.5 Å². The van der Waals surface area contributed by atoms with Gasteiger partial charge in [-0.15, -0.1) is 20.2 Å². The SMILES string of the molecule is CC(=O)O[C@@]12CO[C@@H]1C[C@H](O)[C@@]1(C)C(=O)[C@H](O[N+](=O)[O-])C3=C(C)[C@@H](O[N+](=O)[O-])C[C@@](O)([C@@H](OC(=O)c4ccccc4)[C@H]21)C3(C)C. The average molecular weight is 635 g/mol. The molecule has 0 spiro atoms. The molecular weight excluding hydrogens is 600 g/mol. The van der Waals surface area contributed by atoms with Crippen molar-refractivity contribution in [3.05, 3.63) is 67.3 Å². The zero-order valence-electron chi connectivity index (χ0n) is 25.2. The van der Waals surface area contributed by atoms with Gasteiger partial charge in [0.1, 0.15) is 23.9 Å². The number of aliphatic hydroxyl groups is 2. The van der Waals surface area contributed by atoms with E-state index in [2.05, 4.69) is 0 Å². The molecule has 0 unspecified atom stereocenters. The van der Waals surface area contributed by atoms with E-state index in [9.17, 15) is 44.8 Å². The predicted molar refractivity (Wildman–Crippen MR) is 147 cm³/mol. The van der Waals surface area contributed by atoms with Crippen LogP contribution in [0.3, 0.4) is 0 Å². The van der Waals surface area contributed by atoms with Crippen molar-refractivity contribution in [3.63, 3.8) is 0 Å². The number of esters is 2. The van der Waals surface area contributed by atoms with E-state index in [1.165, 1.54) is 39.8 Å². The standard InChI is InChI=1S/C29H34N2O14/c1-14-17(44-30(37)38)12-29(36)24(42-25(35)16-9-7-6-8-10-16)22-27(5,18(33)11-19-28(22,13-41-19)43-15(2)32)23(34)21(45-31(39)40)20(14)26(29,3)4/h6-10,17-19,21-22,24,33,36H,11-13H2,1-5H3/t17-,18-,19+,21+,22-,24-,27+,28-,29+/m0/s1. The monoisotopic (exact) mass is 634 g/mol. The molecule has 2 saturated carbocycles. The molecule has 0 amide bonds. The molecule has 2 bridgehead atoms. The zero-order chi connectivity index (χ0) is 33.3. The zero-order valence-corrected chi connectivity index (χ0v) is 25.2. The molecule has 1 aliphatic heterocycles. The molecule has 3 aliphatic carbocycles. The smallest absolute Gasteiger partial charge is 0.338 e. The lowest BCUT2D eigenvalue weighted by atomic mass is 9.44. The highest BCUT2D eigenvalue weighted by Gasteiger charge is 2.78. The van der Waals surface area contributed by atoms with Crippen molar-refractivity contribution in [2.75, 3.05) is 6.61 Å². The predicted octanol–water partition coefficient (Wildman–Crippen LogP) is 1.51. The lowest BCUT2D eigenvalue weighted by Gasteiger charge is -2.67. The second-order valence-electron chi connectivity index (χ2n) is 12.8. The van der Waals surface area contributed by atoms with E-state index in [4.69, 9.17) is 23.9 Å². The van der Waals surface area contributed by atoms with Gasteiger partial charge in [0.05, 0.1) is 29.6 Å². The molecule has 16 nitrogen and oxygen atoms in total. The maximum Gasteiger partial charge on any atom is 0.338 e. The van der Waals surface area contributed by atoms with Crippen LogP contribution in [-0.4, -0.2) is 86.4 Å². The Bertz CT molecular complexity index is 1480. The third kappa shape index (κ3) is 4.65. The summed E-state index contributed by atoms with van der Waals surface area (Å²) in [5, 5.41) is 45.7. The first-order valence-corrected chi connectivity index (χ1v) is 14.3. The minimum atomic E-state index is -2.41. The van der Waals surface area contributed by atoms with Crippen LogP contribution in [0.2, 0.25) is 0 Å². The molecule has 2 N–H and O–H groups in total. The number of carbonyl (C=O) groups excluding carboxylic acids is 3. The Balaban J connectivity index is 1.86. The van der Waals surface area contributed by atoms with E-state index in [-0.39, 0.29) is 29.7 Å². The van der Waals surface area contributed by atoms with Crippen molar-refractivity contribution >= 4 is 17.7 Å². The highest BCUT2D eigenvalue weighted by molar-refractivity contribution is 5.94. The molecule has 1 aromatic rings. The van der Waals surface area contributed by atoms with Crippen molar-refractivity contribution in [3.8, 4) is 0 Å². The van der Waals surface area contributed by atoms with Crippen molar-refractivity contribution in [1.82, 2.24) is 0 Å². The summed E-state index contributed by atoms with van der Waals surface area (Å²) < 4.78 is 17.6. The van der Waals surface area contributed by atoms with Gasteiger partial charge in [-0.05, 0) is 37.1 Å². The highest BCUT2D eigenvalue weighted by atomic mass is 17.0. The lowest BCUT2D eigenvalue weighted by molar-refractivity contribution is -0.768. The van der Waals surface area contributed by atoms with Gasteiger partial charge in [-0.3, -0.25) is 14.4 Å². The van der Waals surface area contributed by atoms with Gasteiger partial charge in [-0.25, -0.2) is 4.79 Å². The first-order valence-electron chi connectivity index (χ1n) is 14.3. The van der Waals surface area contributed by atoms with Crippen LogP contribution in [0.4, 0.5) is 0 Å². The number of ketones is 1. The molecule has 9 atom stereocenters. The minimum Gasteiger partial charge on any atom is -0.455 e. The molecule has 244 valence electrons. The Morgan fingerprint density at radius 3 is 2.22 bits per heavy atom. The van der Waals surface area contributed by atoms with E-state index in [0.717, 1.165) is 6.92 Å². The molecule has 1 aromatic carbocycles. The lowest BCUT2D eigenvalue weighted by Crippen LogP contribution is -2.82. The summed E-state index contributed by atoms with van der Waals surface area (Å²) in [6.45, 7) is 6.25. The van der Waals surface area contributed by atoms with Gasteiger partial charge < -0.3 is 29.3 Å². The van der Waals surface area contributed by atoms with Crippen LogP contribution in [0, 0.1) is 37.0 Å². The summed E-state index contributed by atoms with van der Waals surface area (Å²) in [6, 6.07) is 7.65. The van der Waals surface area contributed by atoms with Gasteiger partial charge in [0.25, 0.3) is 10.2 Å². The van der Waals surface area contributed by atoms with Crippen LogP contribution >= 0.6 is 0 Å². The number of hydrogen-bond acceptors (Lipinski definition) is 14. The quantitative estimate of drug-likeness (QED) is 0.188. The van der Waals surface area contributed by atoms with Crippen molar-refractivity contribution in [2.24, 2.45) is 16.7 Å². The van der Waals surface area contributed by atoms with E-state index in [1.54, 1.807) is 18.2 Å². The summed E-state index contributed by atoms with van der Waals surface area (Å²) in [5.74, 6) is -4.44. The fourth-order valence-corrected chi connectivity index (χ4v) is 8.02. The van der Waals surface area contributed by atoms with Gasteiger partial charge in [0, 0.05) is 25.2 Å². The average Bonchev–Trinajstić information content (AvgIpc) is 2.94. The van der Waals surface area contributed by atoms with Crippen molar-refractivity contribution in [1.29, 1.82) is 0 Å². The number of aliphatic hydroxyl groups excluding tert-OH is 1. The molecule has 16 heteroatoms. The van der Waals surface area contributed by atoms with Gasteiger partial charge >= 0.3 is 11.9 Å². The second-order valence-corrected chi connectivity index (χ2v) is 12.8. The Morgan fingerprint density at radius 2 is 1.69 bits per heavy atom. The highest BCUT2D eigenvalue weighted by Crippen LogP contribution is 2.64. The van der Waals surface area contributed by atoms with Crippen LogP contribution in [-0.2, 0) is 33.5 Å². The fourth-order valence-electron chi connectivity index (χ4n) is 8.02. The molecule has 1 saturated heterocycles. The van der Waals surface area contributed by atoms with E-state index >= 15 is 0 Å². The summed E-state index contributed by atoms with van der Waals surface area (Å²) >= 11 is 0. The Kier molecular flexibility index (Phi) is 7.69. The molecule has 5 rings (SSSR count). The molecule has 45 heavy (non-hydrogen) atoms. The fraction of sp³-hybridized carbons (Fsp3) is 0.621. The topological polar surface area (TPSA) is 224 Å². The molecule has 3 fully saturated rings. The third-order valence-corrected chi connectivity index (χ3v) is 10.3. The van der Waals surface area contributed by atoms with E-state index < -0.39 is 92.8 Å². The second kappa shape index (κ2) is 10.7. The molecular formula is C29H34N2O14. The van der Waals surface area contributed by atoms with Gasteiger partial charge in [-0.1, -0.05) is 32.0 Å². The number of hydrogen-bond donors (Lipinski definition) is 2. The third-order valence-electron chi connectivity index (χ3n) is 10.3. The summed E-state index contributed by atoms with van der Waals surface area (Å²) in [6.07, 6.45) is -9.04.